The van der Waals surface area contributed by atoms with Gasteiger partial charge in [0.2, 0.25) is 0 Å². The molecule has 3 nitrogen and oxygen atoms in total. The fraction of sp³-hybridized carbons (Fsp3) is 0.333. The fourth-order valence-corrected chi connectivity index (χ4v) is 3.16. The maximum absolute atomic E-state index is 9.59. The van der Waals surface area contributed by atoms with Crippen LogP contribution < -0.4 is 5.32 Å². The van der Waals surface area contributed by atoms with Crippen molar-refractivity contribution in [1.82, 2.24) is 5.32 Å². The van der Waals surface area contributed by atoms with E-state index in [2.05, 4.69) is 36.5 Å². The molecule has 1 aliphatic rings. The number of phenolic OH excluding ortho intramolecular Hbond substituents is 2. The van der Waals surface area contributed by atoms with E-state index in [1.165, 1.54) is 17.2 Å². The van der Waals surface area contributed by atoms with E-state index in [-0.39, 0.29) is 17.5 Å². The van der Waals surface area contributed by atoms with Gasteiger partial charge in [-0.3, -0.25) is 0 Å². The summed E-state index contributed by atoms with van der Waals surface area (Å²) < 4.78 is 0. The maximum atomic E-state index is 9.59. The van der Waals surface area contributed by atoms with Crippen molar-refractivity contribution in [2.24, 2.45) is 0 Å². The van der Waals surface area contributed by atoms with Gasteiger partial charge in [-0.05, 0) is 55.0 Å². The van der Waals surface area contributed by atoms with E-state index in [0.29, 0.717) is 6.04 Å². The third kappa shape index (κ3) is 3.19. The summed E-state index contributed by atoms with van der Waals surface area (Å²) >= 11 is 0. The third-order valence-electron chi connectivity index (χ3n) is 4.26. The standard InChI is InChI=1S/C18H21NO2/c1-12(15-9-17(20)11-18(21)10-15)19-16-7-6-13-4-2-3-5-14(13)8-16/h2-5,9-12,16,19-21H,6-8H2,1H3. The summed E-state index contributed by atoms with van der Waals surface area (Å²) in [6.07, 6.45) is 3.25. The monoisotopic (exact) mass is 283 g/mol. The molecule has 0 aromatic heterocycles. The number of aromatic hydroxyl groups is 2. The number of hydrogen-bond donors (Lipinski definition) is 3. The van der Waals surface area contributed by atoms with Crippen LogP contribution in [0, 0.1) is 0 Å². The van der Waals surface area contributed by atoms with Crippen LogP contribution in [0.2, 0.25) is 0 Å². The van der Waals surface area contributed by atoms with Crippen molar-refractivity contribution in [3.63, 3.8) is 0 Å². The van der Waals surface area contributed by atoms with Crippen LogP contribution >= 0.6 is 0 Å². The average molecular weight is 283 g/mol. The predicted octanol–water partition coefficient (Wildman–Crippen LogP) is 3.31. The Bertz CT molecular complexity index is 619. The minimum atomic E-state index is 0.0956. The number of fused-ring (bicyclic) bond motifs is 1. The molecule has 0 heterocycles. The van der Waals surface area contributed by atoms with Gasteiger partial charge in [0, 0.05) is 18.2 Å². The lowest BCUT2D eigenvalue weighted by Gasteiger charge is -2.28. The zero-order valence-electron chi connectivity index (χ0n) is 12.2. The minimum Gasteiger partial charge on any atom is -0.508 e. The molecule has 0 aliphatic heterocycles. The van der Waals surface area contributed by atoms with E-state index < -0.39 is 0 Å². The lowest BCUT2D eigenvalue weighted by Crippen LogP contribution is -2.36. The van der Waals surface area contributed by atoms with Gasteiger partial charge < -0.3 is 15.5 Å². The van der Waals surface area contributed by atoms with E-state index in [0.717, 1.165) is 24.8 Å². The average Bonchev–Trinajstić information content (AvgIpc) is 2.46. The summed E-state index contributed by atoms with van der Waals surface area (Å²) in [7, 11) is 0. The SMILES string of the molecule is CC(NC1CCc2ccccc2C1)c1cc(O)cc(O)c1. The van der Waals surface area contributed by atoms with E-state index in [1.807, 2.05) is 0 Å². The molecule has 3 N–H and O–H groups in total. The van der Waals surface area contributed by atoms with Crippen LogP contribution in [0.5, 0.6) is 11.5 Å². The van der Waals surface area contributed by atoms with Gasteiger partial charge in [-0.25, -0.2) is 0 Å². The Morgan fingerprint density at radius 3 is 2.43 bits per heavy atom. The molecule has 2 aromatic rings. The first-order valence-electron chi connectivity index (χ1n) is 7.47. The van der Waals surface area contributed by atoms with Crippen LogP contribution in [0.1, 0.15) is 36.1 Å². The van der Waals surface area contributed by atoms with Crippen molar-refractivity contribution in [2.75, 3.05) is 0 Å². The van der Waals surface area contributed by atoms with Gasteiger partial charge in [0.25, 0.3) is 0 Å². The highest BCUT2D eigenvalue weighted by Gasteiger charge is 2.20. The van der Waals surface area contributed by atoms with Gasteiger partial charge in [0.15, 0.2) is 0 Å². The Hall–Kier alpha value is -2.00. The molecule has 2 unspecified atom stereocenters. The second-order valence-electron chi connectivity index (χ2n) is 5.88. The Morgan fingerprint density at radius 2 is 1.71 bits per heavy atom. The Balaban J connectivity index is 1.70. The highest BCUT2D eigenvalue weighted by atomic mass is 16.3. The predicted molar refractivity (Wildman–Crippen MR) is 83.6 cm³/mol. The molecule has 0 bridgehead atoms. The van der Waals surface area contributed by atoms with Gasteiger partial charge in [0.1, 0.15) is 11.5 Å². The summed E-state index contributed by atoms with van der Waals surface area (Å²) in [4.78, 5) is 0. The number of rotatable bonds is 3. The zero-order valence-corrected chi connectivity index (χ0v) is 12.2. The summed E-state index contributed by atoms with van der Waals surface area (Å²) in [5, 5.41) is 22.8. The quantitative estimate of drug-likeness (QED) is 0.810. The van der Waals surface area contributed by atoms with Gasteiger partial charge in [0.05, 0.1) is 0 Å². The molecular formula is C18H21NO2. The van der Waals surface area contributed by atoms with Gasteiger partial charge in [-0.15, -0.1) is 0 Å². The Morgan fingerprint density at radius 1 is 1.05 bits per heavy atom. The molecule has 2 aromatic carbocycles. The molecule has 0 radical (unpaired) electrons. The second-order valence-corrected chi connectivity index (χ2v) is 5.88. The van der Waals surface area contributed by atoms with Crippen LogP contribution in [-0.2, 0) is 12.8 Å². The summed E-state index contributed by atoms with van der Waals surface area (Å²) in [5.74, 6) is 0.209. The fourth-order valence-electron chi connectivity index (χ4n) is 3.16. The summed E-state index contributed by atoms with van der Waals surface area (Å²) in [6, 6.07) is 13.9. The van der Waals surface area contributed by atoms with Crippen molar-refractivity contribution in [3.8, 4) is 11.5 Å². The molecule has 0 spiro atoms. The first kappa shape index (κ1) is 14.0. The lowest BCUT2D eigenvalue weighted by molar-refractivity contribution is 0.408. The molecule has 0 saturated carbocycles. The Kier molecular flexibility index (Phi) is 3.84. The van der Waals surface area contributed by atoms with Crippen molar-refractivity contribution >= 4 is 0 Å². The minimum absolute atomic E-state index is 0.0956. The van der Waals surface area contributed by atoms with Crippen molar-refractivity contribution in [1.29, 1.82) is 0 Å². The maximum Gasteiger partial charge on any atom is 0.119 e. The highest BCUT2D eigenvalue weighted by molar-refractivity contribution is 5.38. The van der Waals surface area contributed by atoms with Crippen molar-refractivity contribution < 1.29 is 10.2 Å². The topological polar surface area (TPSA) is 52.5 Å². The normalized spacial score (nSPS) is 19.0. The van der Waals surface area contributed by atoms with Crippen LogP contribution in [0.3, 0.4) is 0 Å². The smallest absolute Gasteiger partial charge is 0.119 e. The zero-order chi connectivity index (χ0) is 14.8. The van der Waals surface area contributed by atoms with Gasteiger partial charge >= 0.3 is 0 Å². The summed E-state index contributed by atoms with van der Waals surface area (Å²) in [6.45, 7) is 2.06. The summed E-state index contributed by atoms with van der Waals surface area (Å²) in [5.41, 5.74) is 3.79. The molecule has 1 aliphatic carbocycles. The third-order valence-corrected chi connectivity index (χ3v) is 4.26. The number of phenols is 2. The lowest BCUT2D eigenvalue weighted by atomic mass is 9.88. The van der Waals surface area contributed by atoms with E-state index in [1.54, 1.807) is 12.1 Å². The molecule has 2 atom stereocenters. The molecular weight excluding hydrogens is 262 g/mol. The number of aryl methyl sites for hydroxylation is 1. The van der Waals surface area contributed by atoms with Gasteiger partial charge in [-0.1, -0.05) is 24.3 Å². The number of benzene rings is 2. The molecule has 0 saturated heterocycles. The second kappa shape index (κ2) is 5.78. The van der Waals surface area contributed by atoms with E-state index in [4.69, 9.17) is 0 Å². The van der Waals surface area contributed by atoms with Crippen LogP contribution in [0.25, 0.3) is 0 Å². The highest BCUT2D eigenvalue weighted by Crippen LogP contribution is 2.27. The first-order valence-corrected chi connectivity index (χ1v) is 7.47. The van der Waals surface area contributed by atoms with Crippen LogP contribution in [0.15, 0.2) is 42.5 Å². The van der Waals surface area contributed by atoms with E-state index in [9.17, 15) is 10.2 Å². The molecule has 0 amide bonds. The first-order chi connectivity index (χ1) is 10.1. The number of nitrogens with one attached hydrogen (secondary N) is 1. The van der Waals surface area contributed by atoms with Crippen LogP contribution in [0.4, 0.5) is 0 Å². The molecule has 110 valence electrons. The van der Waals surface area contributed by atoms with Gasteiger partial charge in [-0.2, -0.15) is 0 Å². The van der Waals surface area contributed by atoms with Crippen LogP contribution in [-0.4, -0.2) is 16.3 Å². The van der Waals surface area contributed by atoms with Crippen molar-refractivity contribution in [2.45, 2.75) is 38.3 Å². The number of hydrogen-bond acceptors (Lipinski definition) is 3. The molecule has 3 rings (SSSR count). The van der Waals surface area contributed by atoms with Crippen molar-refractivity contribution in [3.05, 3.63) is 59.2 Å². The molecule has 3 heteroatoms. The Labute approximate surface area is 125 Å². The largest absolute Gasteiger partial charge is 0.508 e. The molecule has 21 heavy (non-hydrogen) atoms. The van der Waals surface area contributed by atoms with E-state index >= 15 is 0 Å². The molecule has 0 fully saturated rings.